The van der Waals surface area contributed by atoms with Gasteiger partial charge in [-0.15, -0.1) is 11.3 Å². The van der Waals surface area contributed by atoms with Crippen molar-refractivity contribution in [3.63, 3.8) is 0 Å². The topological polar surface area (TPSA) is 70.6 Å². The molecule has 3 aromatic rings. The number of hydrogen-bond donors (Lipinski definition) is 0. The molecular formula is C25H29F3N4O3S. The van der Waals surface area contributed by atoms with Gasteiger partial charge < -0.3 is 18.6 Å². The first-order valence-corrected chi connectivity index (χ1v) is 12.4. The SMILES string of the molecule is Cn1cncc1COc1ccc(C(F)(F)F)cc1C(=O)/N=c1\sc(C(C)(C)C)cn1C[C@H]1CCCO1. The van der Waals surface area contributed by atoms with E-state index in [2.05, 4.69) is 30.7 Å². The first-order valence-electron chi connectivity index (χ1n) is 11.6. The Labute approximate surface area is 211 Å². The predicted molar refractivity (Wildman–Crippen MR) is 129 cm³/mol. The zero-order valence-corrected chi connectivity index (χ0v) is 21.4. The number of benzene rings is 1. The molecule has 1 fully saturated rings. The fourth-order valence-electron chi connectivity index (χ4n) is 3.77. The van der Waals surface area contributed by atoms with E-state index < -0.39 is 17.6 Å². The van der Waals surface area contributed by atoms with Crippen LogP contribution in [0.1, 0.15) is 60.1 Å². The van der Waals surface area contributed by atoms with Crippen molar-refractivity contribution in [2.45, 2.75) is 64.5 Å². The maximum absolute atomic E-state index is 13.5. The number of carbonyl (C=O) groups excluding carboxylic acids is 1. The minimum atomic E-state index is -4.61. The molecular weight excluding hydrogens is 493 g/mol. The Morgan fingerprint density at radius 2 is 2.08 bits per heavy atom. The average Bonchev–Trinajstić information content (AvgIpc) is 3.54. The molecule has 36 heavy (non-hydrogen) atoms. The van der Waals surface area contributed by atoms with E-state index in [4.69, 9.17) is 9.47 Å². The lowest BCUT2D eigenvalue weighted by Crippen LogP contribution is -2.23. The lowest BCUT2D eigenvalue weighted by Gasteiger charge is -2.15. The van der Waals surface area contributed by atoms with Crippen LogP contribution in [-0.4, -0.2) is 32.7 Å². The summed E-state index contributed by atoms with van der Waals surface area (Å²) in [6.45, 7) is 7.40. The van der Waals surface area contributed by atoms with Gasteiger partial charge in [0.2, 0.25) is 0 Å². The van der Waals surface area contributed by atoms with Gasteiger partial charge in [0.15, 0.2) is 4.80 Å². The van der Waals surface area contributed by atoms with Crippen LogP contribution in [0, 0.1) is 0 Å². The molecule has 1 amide bonds. The minimum Gasteiger partial charge on any atom is -0.486 e. The molecule has 1 aliphatic rings. The third-order valence-electron chi connectivity index (χ3n) is 5.91. The maximum Gasteiger partial charge on any atom is 0.416 e. The van der Waals surface area contributed by atoms with Gasteiger partial charge in [-0.25, -0.2) is 4.98 Å². The molecule has 0 aliphatic carbocycles. The second-order valence-electron chi connectivity index (χ2n) is 9.83. The molecule has 0 spiro atoms. The molecule has 1 aromatic carbocycles. The van der Waals surface area contributed by atoms with Crippen molar-refractivity contribution in [3.8, 4) is 5.75 Å². The molecule has 0 N–H and O–H groups in total. The molecule has 7 nitrogen and oxygen atoms in total. The summed E-state index contributed by atoms with van der Waals surface area (Å²) in [4.78, 5) is 23.0. The van der Waals surface area contributed by atoms with E-state index in [0.717, 1.165) is 35.9 Å². The van der Waals surface area contributed by atoms with Crippen molar-refractivity contribution in [2.24, 2.45) is 12.0 Å². The fraction of sp³-hybridized carbons (Fsp3) is 0.480. The summed E-state index contributed by atoms with van der Waals surface area (Å²) in [6.07, 6.45) is 2.39. The number of carbonyl (C=O) groups is 1. The van der Waals surface area contributed by atoms with Crippen molar-refractivity contribution in [1.29, 1.82) is 0 Å². The van der Waals surface area contributed by atoms with Gasteiger partial charge in [-0.05, 0) is 36.5 Å². The van der Waals surface area contributed by atoms with Gasteiger partial charge in [0.1, 0.15) is 12.4 Å². The van der Waals surface area contributed by atoms with E-state index in [9.17, 15) is 18.0 Å². The number of thiazole rings is 1. The zero-order valence-electron chi connectivity index (χ0n) is 20.6. The van der Waals surface area contributed by atoms with Crippen LogP contribution in [0.3, 0.4) is 0 Å². The van der Waals surface area contributed by atoms with Crippen LogP contribution < -0.4 is 9.54 Å². The average molecular weight is 523 g/mol. The van der Waals surface area contributed by atoms with Gasteiger partial charge in [0, 0.05) is 24.7 Å². The quantitative estimate of drug-likeness (QED) is 0.452. The number of alkyl halides is 3. The summed E-state index contributed by atoms with van der Waals surface area (Å²) in [7, 11) is 1.77. The molecule has 4 rings (SSSR count). The van der Waals surface area contributed by atoms with E-state index in [1.807, 2.05) is 10.8 Å². The molecule has 2 aromatic heterocycles. The fourth-order valence-corrected chi connectivity index (χ4v) is 4.83. The first-order chi connectivity index (χ1) is 16.9. The standard InChI is InChI=1S/C25H29F3N4O3S/c1-24(2,3)21-13-32(12-18-6-5-9-34-18)23(36-21)30-22(33)19-10-16(25(26,27)28)7-8-20(19)35-14-17-11-29-15-31(17)4/h7-8,10-11,13,15,18H,5-6,9,12,14H2,1-4H3/b30-23-/t18-/m1/s1. The third kappa shape index (κ3) is 6.07. The second-order valence-corrected chi connectivity index (χ2v) is 10.8. The van der Waals surface area contributed by atoms with Gasteiger partial charge in [-0.3, -0.25) is 4.79 Å². The Balaban J connectivity index is 1.73. The minimum absolute atomic E-state index is 0.00724. The number of amides is 1. The Bertz CT molecular complexity index is 1290. The van der Waals surface area contributed by atoms with Gasteiger partial charge in [-0.2, -0.15) is 18.2 Å². The number of halogens is 3. The molecule has 0 unspecified atom stereocenters. The smallest absolute Gasteiger partial charge is 0.416 e. The van der Waals surface area contributed by atoms with Gasteiger partial charge in [0.25, 0.3) is 5.91 Å². The number of ether oxygens (including phenoxy) is 2. The monoisotopic (exact) mass is 522 g/mol. The van der Waals surface area contributed by atoms with Crippen molar-refractivity contribution in [2.75, 3.05) is 6.61 Å². The van der Waals surface area contributed by atoms with Gasteiger partial charge >= 0.3 is 6.18 Å². The van der Waals surface area contributed by atoms with Crippen LogP contribution in [0.15, 0.2) is 41.9 Å². The number of rotatable bonds is 6. The van der Waals surface area contributed by atoms with Crippen LogP contribution >= 0.6 is 11.3 Å². The molecule has 0 bridgehead atoms. The van der Waals surface area contributed by atoms with Crippen molar-refractivity contribution >= 4 is 17.2 Å². The highest BCUT2D eigenvalue weighted by molar-refractivity contribution is 7.09. The third-order valence-corrected chi connectivity index (χ3v) is 7.36. The van der Waals surface area contributed by atoms with Crippen LogP contribution in [0.5, 0.6) is 5.75 Å². The van der Waals surface area contributed by atoms with Crippen LogP contribution in [0.25, 0.3) is 0 Å². The van der Waals surface area contributed by atoms with Gasteiger partial charge in [-0.1, -0.05) is 20.8 Å². The van der Waals surface area contributed by atoms with Crippen LogP contribution in [-0.2, 0) is 36.5 Å². The summed E-state index contributed by atoms with van der Waals surface area (Å²) in [5, 5.41) is 0. The Hall–Kier alpha value is -2.92. The Morgan fingerprint density at radius 1 is 1.31 bits per heavy atom. The molecule has 0 saturated carbocycles. The molecule has 11 heteroatoms. The second kappa shape index (κ2) is 10.2. The summed E-state index contributed by atoms with van der Waals surface area (Å²) < 4.78 is 55.5. The van der Waals surface area contributed by atoms with Crippen molar-refractivity contribution in [1.82, 2.24) is 14.1 Å². The number of aromatic nitrogens is 3. The van der Waals surface area contributed by atoms with Crippen molar-refractivity contribution < 1.29 is 27.4 Å². The van der Waals surface area contributed by atoms with Crippen LogP contribution in [0.4, 0.5) is 13.2 Å². The Morgan fingerprint density at radius 3 is 2.69 bits per heavy atom. The number of aryl methyl sites for hydroxylation is 1. The molecule has 0 radical (unpaired) electrons. The lowest BCUT2D eigenvalue weighted by atomic mass is 9.95. The Kier molecular flexibility index (Phi) is 7.42. The lowest BCUT2D eigenvalue weighted by molar-refractivity contribution is -0.137. The highest BCUT2D eigenvalue weighted by Crippen LogP contribution is 2.33. The summed E-state index contributed by atoms with van der Waals surface area (Å²) in [5.41, 5.74) is -0.676. The van der Waals surface area contributed by atoms with E-state index >= 15 is 0 Å². The highest BCUT2D eigenvalue weighted by Gasteiger charge is 2.32. The highest BCUT2D eigenvalue weighted by atomic mass is 32.1. The summed E-state index contributed by atoms with van der Waals surface area (Å²) >= 11 is 1.35. The molecule has 3 heterocycles. The van der Waals surface area contributed by atoms with Crippen LogP contribution in [0.2, 0.25) is 0 Å². The van der Waals surface area contributed by atoms with Gasteiger partial charge in [0.05, 0.1) is 42.0 Å². The van der Waals surface area contributed by atoms with E-state index in [-0.39, 0.29) is 29.4 Å². The number of imidazole rings is 1. The largest absolute Gasteiger partial charge is 0.486 e. The van der Waals surface area contributed by atoms with E-state index in [0.29, 0.717) is 23.6 Å². The number of nitrogens with zero attached hydrogens (tertiary/aromatic N) is 4. The summed E-state index contributed by atoms with van der Waals surface area (Å²) in [6, 6.07) is 2.86. The predicted octanol–water partition coefficient (Wildman–Crippen LogP) is 5.10. The maximum atomic E-state index is 13.5. The van der Waals surface area contributed by atoms with Crippen molar-refractivity contribution in [3.05, 3.63) is 63.4 Å². The molecule has 194 valence electrons. The zero-order chi connectivity index (χ0) is 26.1. The molecule has 1 saturated heterocycles. The van der Waals surface area contributed by atoms with E-state index in [1.165, 1.54) is 11.3 Å². The first kappa shape index (κ1) is 26.2. The summed E-state index contributed by atoms with van der Waals surface area (Å²) in [5.74, 6) is -0.777. The molecule has 1 aliphatic heterocycles. The normalized spacial score (nSPS) is 17.1. The number of hydrogen-bond acceptors (Lipinski definition) is 5. The van der Waals surface area contributed by atoms with E-state index in [1.54, 1.807) is 24.1 Å². The molecule has 1 atom stereocenters.